The minimum absolute atomic E-state index is 0.688. The highest BCUT2D eigenvalue weighted by Gasteiger charge is 2.51. The number of para-hydroxylation sites is 4. The molecule has 0 aliphatic carbocycles. The Morgan fingerprint density at radius 1 is 0.500 bits per heavy atom. The predicted molar refractivity (Wildman–Crippen MR) is 211 cm³/mol. The maximum atomic E-state index is 7.02. The number of rotatable bonds is 5. The average Bonchev–Trinajstić information content (AvgIpc) is 3.21. The fourth-order valence-electron chi connectivity index (χ4n) is 8.10. The minimum atomic E-state index is -0.688. The molecule has 52 heavy (non-hydrogen) atoms. The lowest BCUT2D eigenvalue weighted by molar-refractivity contribution is 0.400. The Kier molecular flexibility index (Phi) is 7.07. The molecule has 3 aliphatic heterocycles. The SMILES string of the molecule is C1=CCNC(c2ccc3c(c2)Oc2ccccc2C32c3ccccc3Oc3c(-c4ccc(-c5ccccc5)c(Nc5ccccc5)c4)cccc32)=C1. The van der Waals surface area contributed by atoms with Gasteiger partial charge in [-0.25, -0.2) is 0 Å². The van der Waals surface area contributed by atoms with Crippen molar-refractivity contribution in [2.75, 3.05) is 11.9 Å². The highest BCUT2D eigenvalue weighted by Crippen LogP contribution is 2.62. The number of anilines is 2. The van der Waals surface area contributed by atoms with E-state index < -0.39 is 5.41 Å². The van der Waals surface area contributed by atoms with Crippen molar-refractivity contribution in [3.05, 3.63) is 210 Å². The summed E-state index contributed by atoms with van der Waals surface area (Å²) in [5.74, 6) is 3.35. The first-order valence-corrected chi connectivity index (χ1v) is 17.7. The molecule has 4 heteroatoms. The second kappa shape index (κ2) is 12.2. The second-order valence-electron chi connectivity index (χ2n) is 13.3. The van der Waals surface area contributed by atoms with Gasteiger partial charge in [-0.1, -0.05) is 140 Å². The lowest BCUT2D eigenvalue weighted by Crippen LogP contribution is -2.37. The lowest BCUT2D eigenvalue weighted by Gasteiger charge is -2.45. The summed E-state index contributed by atoms with van der Waals surface area (Å²) in [6, 6.07) is 57.7. The van der Waals surface area contributed by atoms with Gasteiger partial charge in [0.05, 0.1) is 5.41 Å². The third-order valence-corrected chi connectivity index (χ3v) is 10.4. The zero-order valence-corrected chi connectivity index (χ0v) is 28.3. The molecule has 10 rings (SSSR count). The average molecular weight is 671 g/mol. The van der Waals surface area contributed by atoms with Crippen LogP contribution in [0, 0.1) is 0 Å². The Balaban J connectivity index is 1.21. The lowest BCUT2D eigenvalue weighted by atomic mass is 9.62. The Bertz CT molecular complexity index is 2540. The molecule has 0 radical (unpaired) electrons. The smallest absolute Gasteiger partial charge is 0.140 e. The number of benzene rings is 7. The van der Waals surface area contributed by atoms with Crippen LogP contribution in [0.1, 0.15) is 27.8 Å². The van der Waals surface area contributed by atoms with E-state index in [0.717, 1.165) is 96.7 Å². The predicted octanol–water partition coefficient (Wildman–Crippen LogP) is 11.9. The van der Waals surface area contributed by atoms with Gasteiger partial charge >= 0.3 is 0 Å². The number of nitrogens with one attached hydrogen (secondary N) is 2. The quantitative estimate of drug-likeness (QED) is 0.191. The maximum Gasteiger partial charge on any atom is 0.140 e. The van der Waals surface area contributed by atoms with Crippen LogP contribution in [-0.2, 0) is 5.41 Å². The van der Waals surface area contributed by atoms with Crippen molar-refractivity contribution in [2.24, 2.45) is 0 Å². The van der Waals surface area contributed by atoms with Crippen molar-refractivity contribution in [1.82, 2.24) is 5.32 Å². The summed E-state index contributed by atoms with van der Waals surface area (Å²) in [7, 11) is 0. The molecule has 248 valence electrons. The molecule has 0 saturated heterocycles. The molecule has 1 atom stereocenters. The molecule has 0 bridgehead atoms. The molecule has 1 unspecified atom stereocenters. The fourth-order valence-corrected chi connectivity index (χ4v) is 8.10. The van der Waals surface area contributed by atoms with Gasteiger partial charge in [-0.05, 0) is 53.6 Å². The monoisotopic (exact) mass is 670 g/mol. The van der Waals surface area contributed by atoms with Gasteiger partial charge in [0.15, 0.2) is 0 Å². The van der Waals surface area contributed by atoms with Gasteiger partial charge in [-0.3, -0.25) is 0 Å². The molecule has 0 amide bonds. The van der Waals surface area contributed by atoms with Gasteiger partial charge in [0.2, 0.25) is 0 Å². The summed E-state index contributed by atoms with van der Waals surface area (Å²) >= 11 is 0. The number of hydrogen-bond acceptors (Lipinski definition) is 4. The minimum Gasteiger partial charge on any atom is -0.457 e. The summed E-state index contributed by atoms with van der Waals surface area (Å²) < 4.78 is 13.8. The van der Waals surface area contributed by atoms with Crippen LogP contribution in [0.15, 0.2) is 182 Å². The molecule has 1 spiro atoms. The highest BCUT2D eigenvalue weighted by molar-refractivity contribution is 5.88. The van der Waals surface area contributed by atoms with E-state index in [1.807, 2.05) is 6.07 Å². The van der Waals surface area contributed by atoms with Crippen LogP contribution in [0.25, 0.3) is 28.0 Å². The number of ether oxygens (including phenoxy) is 2. The second-order valence-corrected chi connectivity index (χ2v) is 13.3. The van der Waals surface area contributed by atoms with Crippen molar-refractivity contribution in [3.63, 3.8) is 0 Å². The number of hydrogen-bond donors (Lipinski definition) is 2. The van der Waals surface area contributed by atoms with E-state index >= 15 is 0 Å². The topological polar surface area (TPSA) is 42.5 Å². The molecular formula is C48H34N2O2. The van der Waals surface area contributed by atoms with E-state index in [4.69, 9.17) is 9.47 Å². The van der Waals surface area contributed by atoms with Gasteiger partial charge in [0, 0.05) is 62.6 Å². The third-order valence-electron chi connectivity index (χ3n) is 10.4. The Hall–Kier alpha value is -6.78. The van der Waals surface area contributed by atoms with Crippen LogP contribution in [0.4, 0.5) is 11.4 Å². The number of dihydropyridines is 1. The van der Waals surface area contributed by atoms with Crippen LogP contribution in [0.3, 0.4) is 0 Å². The van der Waals surface area contributed by atoms with Crippen LogP contribution in [-0.4, -0.2) is 6.54 Å². The first-order chi connectivity index (χ1) is 25.8. The normalized spacial score (nSPS) is 16.2. The standard InChI is InChI=1S/C48H34N2O2/c1-3-14-32(15-4-1)36-27-25-33(30-43(36)50-35-16-5-2-6-17-35)37-18-13-21-41-47(37)52-45-24-10-8-20-39(45)48(41)38-19-7-9-23-44(38)51-46-31-34(26-28-40(46)48)42-22-11-12-29-49-42/h1-28,30-31,49-50H,29H2. The Labute approximate surface area is 303 Å². The van der Waals surface area contributed by atoms with E-state index in [1.165, 1.54) is 0 Å². The summed E-state index contributed by atoms with van der Waals surface area (Å²) in [6.45, 7) is 0.798. The van der Waals surface area contributed by atoms with Crippen molar-refractivity contribution < 1.29 is 9.47 Å². The molecule has 7 aromatic rings. The largest absolute Gasteiger partial charge is 0.457 e. The maximum absolute atomic E-state index is 7.02. The molecular weight excluding hydrogens is 637 g/mol. The van der Waals surface area contributed by atoms with Gasteiger partial charge < -0.3 is 20.1 Å². The summed E-state index contributed by atoms with van der Waals surface area (Å²) in [5, 5.41) is 7.24. The van der Waals surface area contributed by atoms with Gasteiger partial charge in [0.25, 0.3) is 0 Å². The first-order valence-electron chi connectivity index (χ1n) is 17.7. The van der Waals surface area contributed by atoms with Crippen LogP contribution in [0.5, 0.6) is 23.0 Å². The van der Waals surface area contributed by atoms with E-state index in [2.05, 4.69) is 187 Å². The zero-order chi connectivity index (χ0) is 34.5. The van der Waals surface area contributed by atoms with E-state index in [-0.39, 0.29) is 0 Å². The fraction of sp³-hybridized carbons (Fsp3) is 0.0417. The first kappa shape index (κ1) is 30.1. The van der Waals surface area contributed by atoms with Crippen LogP contribution in [0.2, 0.25) is 0 Å². The third kappa shape index (κ3) is 4.76. The molecule has 0 fully saturated rings. The highest BCUT2D eigenvalue weighted by atomic mass is 16.5. The van der Waals surface area contributed by atoms with E-state index in [9.17, 15) is 0 Å². The summed E-state index contributed by atoms with van der Waals surface area (Å²) in [4.78, 5) is 0. The Morgan fingerprint density at radius 2 is 1.17 bits per heavy atom. The molecule has 3 heterocycles. The molecule has 7 aromatic carbocycles. The van der Waals surface area contributed by atoms with Crippen LogP contribution >= 0.6 is 0 Å². The van der Waals surface area contributed by atoms with Gasteiger partial charge in [0.1, 0.15) is 23.0 Å². The Morgan fingerprint density at radius 3 is 1.94 bits per heavy atom. The summed E-state index contributed by atoms with van der Waals surface area (Å²) in [5.41, 5.74) is 12.2. The molecule has 2 N–H and O–H groups in total. The zero-order valence-electron chi connectivity index (χ0n) is 28.3. The molecule has 3 aliphatic rings. The number of fused-ring (bicyclic) bond motifs is 8. The van der Waals surface area contributed by atoms with Crippen molar-refractivity contribution in [2.45, 2.75) is 5.41 Å². The van der Waals surface area contributed by atoms with Crippen molar-refractivity contribution >= 4 is 17.1 Å². The van der Waals surface area contributed by atoms with Crippen molar-refractivity contribution in [3.8, 4) is 45.3 Å². The van der Waals surface area contributed by atoms with E-state index in [0.29, 0.717) is 0 Å². The van der Waals surface area contributed by atoms with Crippen molar-refractivity contribution in [1.29, 1.82) is 0 Å². The van der Waals surface area contributed by atoms with E-state index in [1.54, 1.807) is 0 Å². The number of allylic oxidation sites excluding steroid dienone is 2. The summed E-state index contributed by atoms with van der Waals surface area (Å²) in [6.07, 6.45) is 6.34. The molecule has 0 saturated carbocycles. The molecule has 4 nitrogen and oxygen atoms in total. The van der Waals surface area contributed by atoms with Crippen LogP contribution < -0.4 is 20.1 Å². The van der Waals surface area contributed by atoms with Gasteiger partial charge in [-0.2, -0.15) is 0 Å². The van der Waals surface area contributed by atoms with Gasteiger partial charge in [-0.15, -0.1) is 0 Å². The molecule has 0 aromatic heterocycles.